The number of ether oxygens (including phenoxy) is 2. The monoisotopic (exact) mass is 521 g/mol. The number of nitrogens with one attached hydrogen (secondary N) is 2. The Balaban J connectivity index is 1.59. The third kappa shape index (κ3) is 5.06. The van der Waals surface area contributed by atoms with E-state index in [4.69, 9.17) is 25.6 Å². The molecule has 3 aromatic rings. The van der Waals surface area contributed by atoms with E-state index in [1.54, 1.807) is 13.8 Å². The SMILES string of the molecule is COCC(=O)NC1(C(=O)NC(C)c2ncc(-c3cc(Cl)cc(F)c3-c3noc(C)n3)cc2F)COC1. The average Bonchev–Trinajstić information content (AvgIpc) is 3.21. The van der Waals surface area contributed by atoms with E-state index >= 15 is 4.39 Å². The molecule has 3 heterocycles. The zero-order chi connectivity index (χ0) is 26.0. The van der Waals surface area contributed by atoms with E-state index < -0.39 is 35.0 Å². The Hall–Kier alpha value is -3.48. The van der Waals surface area contributed by atoms with Crippen molar-refractivity contribution in [2.75, 3.05) is 26.9 Å². The number of nitrogens with zero attached hydrogens (tertiary/aromatic N) is 3. The lowest BCUT2D eigenvalue weighted by atomic mass is 9.95. The number of pyridine rings is 1. The fraction of sp³-hybridized carbons (Fsp3) is 0.348. The van der Waals surface area contributed by atoms with Gasteiger partial charge in [-0.1, -0.05) is 16.8 Å². The highest BCUT2D eigenvalue weighted by molar-refractivity contribution is 6.31. The van der Waals surface area contributed by atoms with Crippen LogP contribution < -0.4 is 10.6 Å². The second kappa shape index (κ2) is 10.2. The number of benzene rings is 1. The van der Waals surface area contributed by atoms with Gasteiger partial charge in [0.25, 0.3) is 5.91 Å². The first-order valence-corrected chi connectivity index (χ1v) is 11.2. The largest absolute Gasteiger partial charge is 0.375 e. The maximum Gasteiger partial charge on any atom is 0.251 e. The summed E-state index contributed by atoms with van der Waals surface area (Å²) in [6, 6.07) is 2.82. The molecule has 2 amide bonds. The van der Waals surface area contributed by atoms with Gasteiger partial charge in [-0.3, -0.25) is 14.6 Å². The van der Waals surface area contributed by atoms with E-state index in [0.29, 0.717) is 0 Å². The topological polar surface area (TPSA) is 128 Å². The number of aromatic nitrogens is 3. The highest BCUT2D eigenvalue weighted by atomic mass is 35.5. The van der Waals surface area contributed by atoms with Gasteiger partial charge in [0.1, 0.15) is 18.2 Å². The van der Waals surface area contributed by atoms with Crippen LogP contribution in [0.15, 0.2) is 28.9 Å². The molecule has 1 aliphatic heterocycles. The van der Waals surface area contributed by atoms with E-state index in [1.165, 1.54) is 19.4 Å². The van der Waals surface area contributed by atoms with Gasteiger partial charge >= 0.3 is 0 Å². The van der Waals surface area contributed by atoms with E-state index in [-0.39, 0.29) is 58.9 Å². The number of hydrogen-bond acceptors (Lipinski definition) is 8. The molecule has 4 rings (SSSR count). The molecule has 2 aromatic heterocycles. The third-order valence-corrected chi connectivity index (χ3v) is 5.75. The number of carbonyl (C=O) groups excluding carboxylic acids is 2. The molecule has 1 aromatic carbocycles. The van der Waals surface area contributed by atoms with Crippen LogP contribution >= 0.6 is 11.6 Å². The number of aryl methyl sites for hydroxylation is 1. The van der Waals surface area contributed by atoms with Crippen molar-refractivity contribution in [2.24, 2.45) is 0 Å². The van der Waals surface area contributed by atoms with Crippen molar-refractivity contribution in [3.05, 3.63) is 52.6 Å². The normalized spacial score (nSPS) is 15.2. The van der Waals surface area contributed by atoms with Gasteiger partial charge in [0.2, 0.25) is 17.6 Å². The first kappa shape index (κ1) is 25.6. The molecule has 0 spiro atoms. The second-order valence-electron chi connectivity index (χ2n) is 8.29. The van der Waals surface area contributed by atoms with E-state index in [1.807, 2.05) is 0 Å². The Kier molecular flexibility index (Phi) is 7.29. The summed E-state index contributed by atoms with van der Waals surface area (Å²) in [6.07, 6.45) is 1.32. The van der Waals surface area contributed by atoms with Crippen LogP contribution in [-0.2, 0) is 19.1 Å². The number of hydrogen-bond donors (Lipinski definition) is 2. The van der Waals surface area contributed by atoms with Crippen LogP contribution in [0.5, 0.6) is 0 Å². The first-order valence-electron chi connectivity index (χ1n) is 10.8. The molecule has 36 heavy (non-hydrogen) atoms. The number of rotatable bonds is 8. The van der Waals surface area contributed by atoms with Gasteiger partial charge in [0.15, 0.2) is 5.54 Å². The summed E-state index contributed by atoms with van der Waals surface area (Å²) in [6.45, 7) is 2.80. The molecule has 0 bridgehead atoms. The fourth-order valence-corrected chi connectivity index (χ4v) is 3.95. The molecule has 2 N–H and O–H groups in total. The molecular weight excluding hydrogens is 500 g/mol. The van der Waals surface area contributed by atoms with Crippen molar-refractivity contribution in [3.63, 3.8) is 0 Å². The summed E-state index contributed by atoms with van der Waals surface area (Å²) in [7, 11) is 1.35. The van der Waals surface area contributed by atoms with Crippen molar-refractivity contribution in [1.29, 1.82) is 0 Å². The predicted octanol–water partition coefficient (Wildman–Crippen LogP) is 2.75. The van der Waals surface area contributed by atoms with Crippen LogP contribution in [0.4, 0.5) is 8.78 Å². The Morgan fingerprint density at radius 2 is 2.00 bits per heavy atom. The summed E-state index contributed by atoms with van der Waals surface area (Å²) >= 11 is 6.05. The van der Waals surface area contributed by atoms with Gasteiger partial charge < -0.3 is 24.6 Å². The van der Waals surface area contributed by atoms with Gasteiger partial charge in [-0.15, -0.1) is 0 Å². The molecular formula is C23H22ClF2N5O5. The van der Waals surface area contributed by atoms with Crippen molar-refractivity contribution < 1.29 is 32.4 Å². The number of halogens is 3. The minimum absolute atomic E-state index is 0.0229. The lowest BCUT2D eigenvalue weighted by molar-refractivity contribution is -0.155. The van der Waals surface area contributed by atoms with E-state index in [2.05, 4.69) is 25.8 Å². The Morgan fingerprint density at radius 3 is 2.58 bits per heavy atom. The molecule has 1 aliphatic rings. The summed E-state index contributed by atoms with van der Waals surface area (Å²) in [5.74, 6) is -2.31. The van der Waals surface area contributed by atoms with Crippen molar-refractivity contribution >= 4 is 23.4 Å². The maximum atomic E-state index is 15.2. The van der Waals surface area contributed by atoms with Crippen LogP contribution in [0, 0.1) is 18.6 Å². The van der Waals surface area contributed by atoms with Crippen molar-refractivity contribution in [3.8, 4) is 22.5 Å². The molecule has 0 radical (unpaired) electrons. The lowest BCUT2D eigenvalue weighted by Gasteiger charge is -2.40. The lowest BCUT2D eigenvalue weighted by Crippen LogP contribution is -2.70. The van der Waals surface area contributed by atoms with E-state index in [9.17, 15) is 14.0 Å². The van der Waals surface area contributed by atoms with Gasteiger partial charge in [-0.05, 0) is 30.7 Å². The number of carbonyl (C=O) groups is 2. The zero-order valence-electron chi connectivity index (χ0n) is 19.5. The highest BCUT2D eigenvalue weighted by Gasteiger charge is 2.47. The molecule has 190 valence electrons. The standard InChI is InChI=1S/C23H22ClF2N5O5/c1-11(28-22(33)23(9-35-10-23)30-18(32)8-34-3)20-17(26)4-13(7-27-20)15-5-14(24)6-16(25)19(15)21-29-12(2)36-31-21/h4-7,11H,8-10H2,1-3H3,(H,28,33)(H,30,32). The first-order chi connectivity index (χ1) is 17.1. The Morgan fingerprint density at radius 1 is 1.25 bits per heavy atom. The predicted molar refractivity (Wildman–Crippen MR) is 123 cm³/mol. The summed E-state index contributed by atoms with van der Waals surface area (Å²) in [4.78, 5) is 33.0. The van der Waals surface area contributed by atoms with Crippen LogP contribution in [-0.4, -0.2) is 59.4 Å². The highest BCUT2D eigenvalue weighted by Crippen LogP contribution is 2.36. The summed E-state index contributed by atoms with van der Waals surface area (Å²) in [5.41, 5.74) is -0.947. The van der Waals surface area contributed by atoms with Gasteiger partial charge in [0.05, 0.1) is 30.5 Å². The van der Waals surface area contributed by atoms with Gasteiger partial charge in [-0.2, -0.15) is 4.98 Å². The second-order valence-corrected chi connectivity index (χ2v) is 8.73. The van der Waals surface area contributed by atoms with Crippen LogP contribution in [0.3, 0.4) is 0 Å². The molecule has 0 saturated carbocycles. The minimum atomic E-state index is -1.28. The Labute approximate surface area is 209 Å². The van der Waals surface area contributed by atoms with Gasteiger partial charge in [0, 0.05) is 30.8 Å². The van der Waals surface area contributed by atoms with Crippen molar-refractivity contribution in [1.82, 2.24) is 25.8 Å². The summed E-state index contributed by atoms with van der Waals surface area (Å²) < 4.78 is 44.8. The third-order valence-electron chi connectivity index (χ3n) is 5.53. The molecule has 13 heteroatoms. The zero-order valence-corrected chi connectivity index (χ0v) is 20.3. The fourth-order valence-electron chi connectivity index (χ4n) is 3.75. The smallest absolute Gasteiger partial charge is 0.251 e. The molecule has 1 unspecified atom stereocenters. The Bertz CT molecular complexity index is 1310. The summed E-state index contributed by atoms with van der Waals surface area (Å²) in [5, 5.41) is 9.07. The minimum Gasteiger partial charge on any atom is -0.375 e. The van der Waals surface area contributed by atoms with Crippen LogP contribution in [0.2, 0.25) is 5.02 Å². The number of amides is 2. The quantitative estimate of drug-likeness (QED) is 0.463. The van der Waals surface area contributed by atoms with E-state index in [0.717, 1.165) is 12.1 Å². The van der Waals surface area contributed by atoms with Crippen LogP contribution in [0.25, 0.3) is 22.5 Å². The molecule has 10 nitrogen and oxygen atoms in total. The maximum absolute atomic E-state index is 15.2. The molecule has 1 saturated heterocycles. The molecule has 1 atom stereocenters. The molecule has 0 aliphatic carbocycles. The van der Waals surface area contributed by atoms with Gasteiger partial charge in [-0.25, -0.2) is 8.78 Å². The average molecular weight is 522 g/mol. The molecule has 1 fully saturated rings. The number of methoxy groups -OCH3 is 1. The van der Waals surface area contributed by atoms with Crippen molar-refractivity contribution in [2.45, 2.75) is 25.4 Å². The van der Waals surface area contributed by atoms with Crippen LogP contribution in [0.1, 0.15) is 24.6 Å².